The van der Waals surface area contributed by atoms with E-state index in [-0.39, 0.29) is 18.2 Å². The molecule has 1 fully saturated rings. The largest absolute Gasteiger partial charge is 0.393 e. The van der Waals surface area contributed by atoms with Crippen LogP contribution in [0, 0.1) is 0 Å². The molecule has 2 rings (SSSR count). The van der Waals surface area contributed by atoms with Gasteiger partial charge >= 0.3 is 0 Å². The van der Waals surface area contributed by atoms with Gasteiger partial charge in [0.15, 0.2) is 0 Å². The zero-order chi connectivity index (χ0) is 12.3. The monoisotopic (exact) mass is 235 g/mol. The molecule has 3 atom stereocenters. The van der Waals surface area contributed by atoms with Crippen molar-refractivity contribution in [3.05, 3.63) is 30.3 Å². The number of aliphatic hydroxyl groups excluding tert-OH is 2. The van der Waals surface area contributed by atoms with Gasteiger partial charge in [0.1, 0.15) is 0 Å². The molecule has 1 saturated heterocycles. The van der Waals surface area contributed by atoms with E-state index in [4.69, 9.17) is 0 Å². The predicted octanol–water partition coefficient (Wildman–Crippen LogP) is 1.79. The average molecular weight is 235 g/mol. The van der Waals surface area contributed by atoms with Gasteiger partial charge in [-0.15, -0.1) is 0 Å². The lowest BCUT2D eigenvalue weighted by atomic mass is 9.93. The van der Waals surface area contributed by atoms with Crippen molar-refractivity contribution in [2.45, 2.75) is 44.4 Å². The molecule has 0 saturated carbocycles. The van der Waals surface area contributed by atoms with Crippen molar-refractivity contribution < 1.29 is 10.2 Å². The van der Waals surface area contributed by atoms with Crippen LogP contribution in [0.5, 0.6) is 0 Å². The maximum atomic E-state index is 10.1. The molecule has 0 aromatic heterocycles. The fourth-order valence-corrected chi connectivity index (χ4v) is 2.55. The molecule has 17 heavy (non-hydrogen) atoms. The normalized spacial score (nSPS) is 26.9. The van der Waals surface area contributed by atoms with Crippen molar-refractivity contribution in [3.63, 3.8) is 0 Å². The Labute approximate surface area is 103 Å². The van der Waals surface area contributed by atoms with E-state index in [1.165, 1.54) is 0 Å². The molecule has 0 bridgehead atoms. The zero-order valence-electron chi connectivity index (χ0n) is 10.3. The van der Waals surface area contributed by atoms with Gasteiger partial charge in [0.25, 0.3) is 0 Å². The van der Waals surface area contributed by atoms with E-state index in [0.29, 0.717) is 6.42 Å². The lowest BCUT2D eigenvalue weighted by Crippen LogP contribution is -2.50. The van der Waals surface area contributed by atoms with Gasteiger partial charge in [-0.05, 0) is 31.4 Å². The summed E-state index contributed by atoms with van der Waals surface area (Å²) in [6.07, 6.45) is 1.51. The maximum absolute atomic E-state index is 10.1. The number of aliphatic hydroxyl groups is 2. The second kappa shape index (κ2) is 5.52. The van der Waals surface area contributed by atoms with Crippen LogP contribution in [0.2, 0.25) is 0 Å². The van der Waals surface area contributed by atoms with Gasteiger partial charge in [0, 0.05) is 12.2 Å². The molecular weight excluding hydrogens is 214 g/mol. The molecule has 3 nitrogen and oxygen atoms in total. The minimum absolute atomic E-state index is 0.0335. The Morgan fingerprint density at radius 1 is 1.35 bits per heavy atom. The summed E-state index contributed by atoms with van der Waals surface area (Å²) in [4.78, 5) is 2.22. The highest BCUT2D eigenvalue weighted by molar-refractivity contribution is 5.48. The third-order valence-corrected chi connectivity index (χ3v) is 3.57. The molecule has 3 heteroatoms. The Kier molecular flexibility index (Phi) is 4.02. The summed E-state index contributed by atoms with van der Waals surface area (Å²) in [6, 6.07) is 10.2. The van der Waals surface area contributed by atoms with Gasteiger partial charge < -0.3 is 15.1 Å². The van der Waals surface area contributed by atoms with Crippen molar-refractivity contribution in [2.24, 2.45) is 0 Å². The third-order valence-electron chi connectivity index (χ3n) is 3.57. The molecule has 1 aliphatic rings. The minimum atomic E-state index is -0.370. The first kappa shape index (κ1) is 12.4. The van der Waals surface area contributed by atoms with Crippen LogP contribution in [-0.2, 0) is 0 Å². The van der Waals surface area contributed by atoms with Crippen LogP contribution >= 0.6 is 0 Å². The first-order chi connectivity index (χ1) is 8.22. The number of piperidine rings is 1. The first-order valence-corrected chi connectivity index (χ1v) is 6.40. The Morgan fingerprint density at radius 2 is 2.06 bits per heavy atom. The van der Waals surface area contributed by atoms with Crippen molar-refractivity contribution in [3.8, 4) is 0 Å². The van der Waals surface area contributed by atoms with Gasteiger partial charge in [-0.2, -0.15) is 0 Å². The highest BCUT2D eigenvalue weighted by Crippen LogP contribution is 2.27. The maximum Gasteiger partial charge on any atom is 0.0741 e. The number of rotatable bonds is 3. The topological polar surface area (TPSA) is 43.7 Å². The highest BCUT2D eigenvalue weighted by Gasteiger charge is 2.31. The molecule has 1 heterocycles. The average Bonchev–Trinajstić information content (AvgIpc) is 2.38. The molecule has 1 aromatic carbocycles. The summed E-state index contributed by atoms with van der Waals surface area (Å²) in [6.45, 7) is 2.79. The molecule has 1 aliphatic heterocycles. The van der Waals surface area contributed by atoms with Crippen LogP contribution in [0.1, 0.15) is 26.2 Å². The van der Waals surface area contributed by atoms with E-state index in [1.807, 2.05) is 25.1 Å². The first-order valence-electron chi connectivity index (χ1n) is 6.40. The minimum Gasteiger partial charge on any atom is -0.393 e. The van der Waals surface area contributed by atoms with Crippen LogP contribution in [0.25, 0.3) is 0 Å². The lowest BCUT2D eigenvalue weighted by Gasteiger charge is -2.41. The van der Waals surface area contributed by atoms with Crippen molar-refractivity contribution in [2.75, 3.05) is 11.4 Å². The summed E-state index contributed by atoms with van der Waals surface area (Å²) in [5.41, 5.74) is 1.14. The molecule has 2 N–H and O–H groups in total. The predicted molar refractivity (Wildman–Crippen MR) is 69.1 cm³/mol. The smallest absolute Gasteiger partial charge is 0.0741 e. The van der Waals surface area contributed by atoms with Crippen LogP contribution in [-0.4, -0.2) is 35.0 Å². The summed E-state index contributed by atoms with van der Waals surface area (Å²) >= 11 is 0. The number of benzene rings is 1. The molecule has 0 aliphatic carbocycles. The van der Waals surface area contributed by atoms with E-state index >= 15 is 0 Å². The Bertz CT molecular complexity index is 341. The Hall–Kier alpha value is -1.06. The highest BCUT2D eigenvalue weighted by atomic mass is 16.3. The molecular formula is C14H21NO2. The van der Waals surface area contributed by atoms with Crippen molar-refractivity contribution in [1.29, 1.82) is 0 Å². The number of hydrogen-bond acceptors (Lipinski definition) is 3. The third kappa shape index (κ3) is 2.79. The van der Waals surface area contributed by atoms with E-state index in [0.717, 1.165) is 25.1 Å². The number of para-hydroxylation sites is 1. The van der Waals surface area contributed by atoms with Gasteiger partial charge in [-0.25, -0.2) is 0 Å². The molecule has 0 spiro atoms. The molecule has 0 amide bonds. The van der Waals surface area contributed by atoms with E-state index in [1.54, 1.807) is 0 Å². The van der Waals surface area contributed by atoms with Gasteiger partial charge in [-0.1, -0.05) is 25.1 Å². The van der Waals surface area contributed by atoms with Crippen LogP contribution in [0.15, 0.2) is 30.3 Å². The van der Waals surface area contributed by atoms with Crippen molar-refractivity contribution >= 4 is 5.69 Å². The molecule has 94 valence electrons. The summed E-state index contributed by atoms with van der Waals surface area (Å²) in [7, 11) is 0. The van der Waals surface area contributed by atoms with Crippen LogP contribution < -0.4 is 4.90 Å². The van der Waals surface area contributed by atoms with Gasteiger partial charge in [-0.3, -0.25) is 0 Å². The zero-order valence-corrected chi connectivity index (χ0v) is 10.3. The summed E-state index contributed by atoms with van der Waals surface area (Å²) < 4.78 is 0. The van der Waals surface area contributed by atoms with Gasteiger partial charge in [0.2, 0.25) is 0 Å². The molecule has 3 unspecified atom stereocenters. The van der Waals surface area contributed by atoms with Crippen LogP contribution in [0.4, 0.5) is 5.69 Å². The van der Waals surface area contributed by atoms with Gasteiger partial charge in [0.05, 0.1) is 18.2 Å². The van der Waals surface area contributed by atoms with E-state index < -0.39 is 0 Å². The second-order valence-electron chi connectivity index (χ2n) is 4.75. The SMILES string of the molecule is CCC(O)C1CC(O)CCN1c1ccccc1. The van der Waals surface area contributed by atoms with E-state index in [2.05, 4.69) is 17.0 Å². The number of anilines is 1. The second-order valence-corrected chi connectivity index (χ2v) is 4.75. The number of hydrogen-bond donors (Lipinski definition) is 2. The fraction of sp³-hybridized carbons (Fsp3) is 0.571. The summed E-state index contributed by atoms with van der Waals surface area (Å²) in [5.74, 6) is 0. The van der Waals surface area contributed by atoms with E-state index in [9.17, 15) is 10.2 Å². The lowest BCUT2D eigenvalue weighted by molar-refractivity contribution is 0.0683. The summed E-state index contributed by atoms with van der Waals surface area (Å²) in [5, 5.41) is 19.8. The molecule has 0 radical (unpaired) electrons. The molecule has 1 aromatic rings. The number of nitrogens with zero attached hydrogens (tertiary/aromatic N) is 1. The Balaban J connectivity index is 2.18. The van der Waals surface area contributed by atoms with Crippen molar-refractivity contribution in [1.82, 2.24) is 0 Å². The van der Waals surface area contributed by atoms with Crippen LogP contribution in [0.3, 0.4) is 0 Å². The Morgan fingerprint density at radius 3 is 2.71 bits per heavy atom. The quantitative estimate of drug-likeness (QED) is 0.839. The standard InChI is InChI=1S/C14H21NO2/c1-2-14(17)13-10-12(16)8-9-15(13)11-6-4-3-5-7-11/h3-7,12-14,16-17H,2,8-10H2,1H3. The fourth-order valence-electron chi connectivity index (χ4n) is 2.55.